The third-order valence-corrected chi connectivity index (χ3v) is 3.88. The van der Waals surface area contributed by atoms with Gasteiger partial charge in [0.15, 0.2) is 0 Å². The van der Waals surface area contributed by atoms with E-state index in [1.807, 2.05) is 6.92 Å². The molecule has 0 spiro atoms. The number of hydrogen-bond donors (Lipinski definition) is 1. The Hall–Kier alpha value is -0.830. The van der Waals surface area contributed by atoms with Crippen LogP contribution in [0.3, 0.4) is 0 Å². The Bertz CT molecular complexity index is 394. The maximum Gasteiger partial charge on any atom is 0.224 e. The van der Waals surface area contributed by atoms with Gasteiger partial charge in [-0.2, -0.15) is 0 Å². The molecule has 1 aliphatic carbocycles. The van der Waals surface area contributed by atoms with Crippen molar-refractivity contribution in [3.63, 3.8) is 0 Å². The maximum absolute atomic E-state index is 5.83. The summed E-state index contributed by atoms with van der Waals surface area (Å²) in [6.07, 6.45) is 5.56. The topological polar surface area (TPSA) is 37.8 Å². The first-order valence-corrected chi connectivity index (χ1v) is 6.69. The fourth-order valence-electron chi connectivity index (χ4n) is 2.62. The summed E-state index contributed by atoms with van der Waals surface area (Å²) in [6.45, 7) is 6.65. The number of anilines is 1. The molecule has 0 bridgehead atoms. The van der Waals surface area contributed by atoms with Crippen LogP contribution < -0.4 is 5.32 Å². The van der Waals surface area contributed by atoms with Crippen molar-refractivity contribution in [3.05, 3.63) is 17.0 Å². The monoisotopic (exact) mass is 253 g/mol. The van der Waals surface area contributed by atoms with Gasteiger partial charge in [-0.1, -0.05) is 13.8 Å². The van der Waals surface area contributed by atoms with E-state index in [0.717, 1.165) is 17.3 Å². The van der Waals surface area contributed by atoms with Gasteiger partial charge >= 0.3 is 0 Å². The van der Waals surface area contributed by atoms with Crippen LogP contribution in [0.5, 0.6) is 0 Å². The van der Waals surface area contributed by atoms with Crippen molar-refractivity contribution in [1.82, 2.24) is 9.97 Å². The molecule has 1 aromatic heterocycles. The molecule has 0 aliphatic heterocycles. The summed E-state index contributed by atoms with van der Waals surface area (Å²) >= 11 is 5.83. The van der Waals surface area contributed by atoms with Gasteiger partial charge in [-0.25, -0.2) is 9.97 Å². The van der Waals surface area contributed by atoms with Gasteiger partial charge in [0.1, 0.15) is 5.82 Å². The molecule has 1 heterocycles. The number of aryl methyl sites for hydroxylation is 1. The average Bonchev–Trinajstić information content (AvgIpc) is 2.27. The Labute approximate surface area is 108 Å². The SMILES string of the molecule is Cc1cnc(Cl)nc1NC1CCC(C)CC1C. The summed E-state index contributed by atoms with van der Waals surface area (Å²) < 4.78 is 0. The minimum atomic E-state index is 0.315. The number of nitrogens with one attached hydrogen (secondary N) is 1. The molecule has 1 aliphatic rings. The van der Waals surface area contributed by atoms with Crippen LogP contribution in [0, 0.1) is 18.8 Å². The summed E-state index contributed by atoms with van der Waals surface area (Å²) in [5, 5.41) is 3.84. The quantitative estimate of drug-likeness (QED) is 0.818. The largest absolute Gasteiger partial charge is 0.367 e. The van der Waals surface area contributed by atoms with Gasteiger partial charge in [0.2, 0.25) is 5.28 Å². The van der Waals surface area contributed by atoms with E-state index in [0.29, 0.717) is 17.2 Å². The number of hydrogen-bond acceptors (Lipinski definition) is 3. The van der Waals surface area contributed by atoms with Crippen LogP contribution >= 0.6 is 11.6 Å². The molecule has 4 heteroatoms. The zero-order chi connectivity index (χ0) is 12.4. The summed E-state index contributed by atoms with van der Waals surface area (Å²) in [4.78, 5) is 8.24. The van der Waals surface area contributed by atoms with Crippen molar-refractivity contribution in [1.29, 1.82) is 0 Å². The normalized spacial score (nSPS) is 29.1. The fourth-order valence-corrected chi connectivity index (χ4v) is 2.76. The smallest absolute Gasteiger partial charge is 0.224 e. The van der Waals surface area contributed by atoms with Crippen molar-refractivity contribution in [2.75, 3.05) is 5.32 Å². The van der Waals surface area contributed by atoms with Crippen LogP contribution in [0.1, 0.15) is 38.7 Å². The highest BCUT2D eigenvalue weighted by molar-refractivity contribution is 6.28. The van der Waals surface area contributed by atoms with Crippen molar-refractivity contribution in [2.24, 2.45) is 11.8 Å². The molecule has 1 saturated carbocycles. The Morgan fingerprint density at radius 2 is 2.12 bits per heavy atom. The van der Waals surface area contributed by atoms with E-state index in [2.05, 4.69) is 29.1 Å². The number of aromatic nitrogens is 2. The van der Waals surface area contributed by atoms with Gasteiger partial charge in [0.25, 0.3) is 0 Å². The average molecular weight is 254 g/mol. The van der Waals surface area contributed by atoms with Gasteiger partial charge in [0, 0.05) is 17.8 Å². The Kier molecular flexibility index (Phi) is 3.87. The summed E-state index contributed by atoms with van der Waals surface area (Å²) in [7, 11) is 0. The van der Waals surface area contributed by atoms with Gasteiger partial charge in [-0.05, 0) is 49.6 Å². The van der Waals surface area contributed by atoms with Crippen LogP contribution in [0.15, 0.2) is 6.20 Å². The Morgan fingerprint density at radius 1 is 1.35 bits per heavy atom. The van der Waals surface area contributed by atoms with Crippen molar-refractivity contribution in [3.8, 4) is 0 Å². The minimum Gasteiger partial charge on any atom is -0.367 e. The molecule has 0 saturated heterocycles. The van der Waals surface area contributed by atoms with Gasteiger partial charge < -0.3 is 5.32 Å². The van der Waals surface area contributed by atoms with Crippen molar-refractivity contribution < 1.29 is 0 Å². The lowest BCUT2D eigenvalue weighted by Gasteiger charge is -2.33. The molecular weight excluding hydrogens is 234 g/mol. The lowest BCUT2D eigenvalue weighted by Crippen LogP contribution is -2.33. The van der Waals surface area contributed by atoms with Gasteiger partial charge in [-0.15, -0.1) is 0 Å². The molecular formula is C13H20ClN3. The van der Waals surface area contributed by atoms with E-state index < -0.39 is 0 Å². The molecule has 1 aromatic rings. The second-order valence-corrected chi connectivity index (χ2v) is 5.66. The number of halogens is 1. The highest BCUT2D eigenvalue weighted by atomic mass is 35.5. The van der Waals surface area contributed by atoms with Crippen LogP contribution in [0.25, 0.3) is 0 Å². The van der Waals surface area contributed by atoms with Gasteiger partial charge in [-0.3, -0.25) is 0 Å². The minimum absolute atomic E-state index is 0.315. The van der Waals surface area contributed by atoms with Crippen LogP contribution in [0.4, 0.5) is 5.82 Å². The van der Waals surface area contributed by atoms with Crippen molar-refractivity contribution in [2.45, 2.75) is 46.1 Å². The molecule has 0 radical (unpaired) electrons. The standard InChI is InChI=1S/C13H20ClN3/c1-8-4-5-11(9(2)6-8)16-12-10(3)7-15-13(14)17-12/h7-9,11H,4-6H2,1-3H3,(H,15,16,17). The van der Waals surface area contributed by atoms with E-state index >= 15 is 0 Å². The number of nitrogens with zero attached hydrogens (tertiary/aromatic N) is 2. The summed E-state index contributed by atoms with van der Waals surface area (Å²) in [6, 6.07) is 0.510. The van der Waals surface area contributed by atoms with Crippen LogP contribution in [0.2, 0.25) is 5.28 Å². The Morgan fingerprint density at radius 3 is 2.82 bits per heavy atom. The second-order valence-electron chi connectivity index (χ2n) is 5.32. The zero-order valence-electron chi connectivity index (χ0n) is 10.7. The fraction of sp³-hybridized carbons (Fsp3) is 0.692. The predicted molar refractivity (Wildman–Crippen MR) is 71.4 cm³/mol. The van der Waals surface area contributed by atoms with E-state index in [1.54, 1.807) is 6.20 Å². The first-order chi connectivity index (χ1) is 8.06. The molecule has 1 fully saturated rings. The lowest BCUT2D eigenvalue weighted by molar-refractivity contribution is 0.276. The zero-order valence-corrected chi connectivity index (χ0v) is 11.5. The molecule has 94 valence electrons. The van der Waals surface area contributed by atoms with E-state index in [4.69, 9.17) is 11.6 Å². The highest BCUT2D eigenvalue weighted by Gasteiger charge is 2.25. The van der Waals surface area contributed by atoms with Crippen LogP contribution in [-0.4, -0.2) is 16.0 Å². The van der Waals surface area contributed by atoms with Crippen LogP contribution in [-0.2, 0) is 0 Å². The van der Waals surface area contributed by atoms with E-state index in [9.17, 15) is 0 Å². The second kappa shape index (κ2) is 5.21. The maximum atomic E-state index is 5.83. The van der Waals surface area contributed by atoms with E-state index in [1.165, 1.54) is 19.3 Å². The van der Waals surface area contributed by atoms with Crippen molar-refractivity contribution >= 4 is 17.4 Å². The lowest BCUT2D eigenvalue weighted by atomic mass is 9.80. The Balaban J connectivity index is 2.07. The molecule has 2 rings (SSSR count). The molecule has 3 unspecified atom stereocenters. The highest BCUT2D eigenvalue weighted by Crippen LogP contribution is 2.31. The first-order valence-electron chi connectivity index (χ1n) is 6.32. The third-order valence-electron chi connectivity index (χ3n) is 3.70. The molecule has 0 amide bonds. The molecule has 3 nitrogen and oxygen atoms in total. The molecule has 17 heavy (non-hydrogen) atoms. The predicted octanol–water partition coefficient (Wildman–Crippen LogP) is 3.68. The third kappa shape index (κ3) is 3.09. The molecule has 1 N–H and O–H groups in total. The summed E-state index contributed by atoms with van der Waals surface area (Å²) in [5.41, 5.74) is 1.06. The summed E-state index contributed by atoms with van der Waals surface area (Å²) in [5.74, 6) is 2.42. The molecule has 0 aromatic carbocycles. The number of rotatable bonds is 2. The molecule has 3 atom stereocenters. The van der Waals surface area contributed by atoms with E-state index in [-0.39, 0.29) is 0 Å². The first kappa shape index (κ1) is 12.6. The van der Waals surface area contributed by atoms with Gasteiger partial charge in [0.05, 0.1) is 0 Å².